The number of para-hydroxylation sites is 2. The molecule has 1 unspecified atom stereocenters. The summed E-state index contributed by atoms with van der Waals surface area (Å²) in [5.41, 5.74) is 8.23. The van der Waals surface area contributed by atoms with E-state index in [1.165, 1.54) is 5.56 Å². The number of guanidine groups is 1. The number of rotatable bonds is 6. The van der Waals surface area contributed by atoms with Gasteiger partial charge < -0.3 is 20.5 Å². The Kier molecular flexibility index (Phi) is 6.50. The van der Waals surface area contributed by atoms with E-state index in [9.17, 15) is 0 Å². The first-order valence-electron chi connectivity index (χ1n) is 9.12. The highest BCUT2D eigenvalue weighted by Crippen LogP contribution is 2.30. The fraction of sp³-hybridized carbons (Fsp3) is 0.381. The third-order valence-corrected chi connectivity index (χ3v) is 4.75. The number of nitrogens with zero attached hydrogens (tertiary/aromatic N) is 1. The maximum atomic E-state index is 6.23. The molecule has 1 atom stereocenters. The van der Waals surface area contributed by atoms with Gasteiger partial charge >= 0.3 is 0 Å². The van der Waals surface area contributed by atoms with Gasteiger partial charge in [-0.25, -0.2) is 4.99 Å². The molecule has 5 heteroatoms. The van der Waals surface area contributed by atoms with Crippen LogP contribution in [-0.4, -0.2) is 26.3 Å². The van der Waals surface area contributed by atoms with E-state index in [1.807, 2.05) is 42.5 Å². The summed E-state index contributed by atoms with van der Waals surface area (Å²) < 4.78 is 10.9. The van der Waals surface area contributed by atoms with Crippen LogP contribution in [0.5, 0.6) is 5.75 Å². The average molecular weight is 353 g/mol. The van der Waals surface area contributed by atoms with Gasteiger partial charge in [0, 0.05) is 13.2 Å². The Morgan fingerprint density at radius 3 is 2.58 bits per heavy atom. The maximum Gasteiger partial charge on any atom is 0.193 e. The number of nitrogens with two attached hydrogens (primary N) is 1. The molecule has 1 heterocycles. The predicted octanol–water partition coefficient (Wildman–Crippen LogP) is 3.98. The molecule has 0 saturated carbocycles. The van der Waals surface area contributed by atoms with Gasteiger partial charge in [0.1, 0.15) is 5.75 Å². The highest BCUT2D eigenvalue weighted by Gasteiger charge is 2.20. The number of anilines is 1. The van der Waals surface area contributed by atoms with Gasteiger partial charge in [0.15, 0.2) is 5.96 Å². The van der Waals surface area contributed by atoms with Crippen molar-refractivity contribution in [1.82, 2.24) is 0 Å². The molecule has 5 nitrogen and oxygen atoms in total. The first kappa shape index (κ1) is 18.3. The number of benzene rings is 2. The minimum Gasteiger partial charge on any atom is -0.495 e. The van der Waals surface area contributed by atoms with Crippen LogP contribution in [0, 0.1) is 5.92 Å². The Morgan fingerprint density at radius 1 is 1.15 bits per heavy atom. The fourth-order valence-electron chi connectivity index (χ4n) is 3.32. The smallest absolute Gasteiger partial charge is 0.193 e. The number of hydrogen-bond donors (Lipinski definition) is 2. The van der Waals surface area contributed by atoms with Crippen molar-refractivity contribution in [2.45, 2.75) is 25.3 Å². The molecule has 1 saturated heterocycles. The van der Waals surface area contributed by atoms with Crippen molar-refractivity contribution >= 4 is 11.6 Å². The van der Waals surface area contributed by atoms with Crippen molar-refractivity contribution in [3.63, 3.8) is 0 Å². The second-order valence-electron chi connectivity index (χ2n) is 6.56. The molecule has 1 aliphatic heterocycles. The van der Waals surface area contributed by atoms with Crippen LogP contribution < -0.4 is 15.8 Å². The molecule has 0 radical (unpaired) electrons. The van der Waals surface area contributed by atoms with Gasteiger partial charge in [-0.15, -0.1) is 0 Å². The zero-order valence-corrected chi connectivity index (χ0v) is 15.2. The van der Waals surface area contributed by atoms with Crippen LogP contribution in [0.4, 0.5) is 5.69 Å². The minimum atomic E-state index is 0.0292. The van der Waals surface area contributed by atoms with Crippen molar-refractivity contribution in [2.75, 3.05) is 25.6 Å². The van der Waals surface area contributed by atoms with Crippen LogP contribution in [0.3, 0.4) is 0 Å². The van der Waals surface area contributed by atoms with Gasteiger partial charge in [-0.2, -0.15) is 0 Å². The van der Waals surface area contributed by atoms with Crippen LogP contribution in [0.2, 0.25) is 0 Å². The van der Waals surface area contributed by atoms with Crippen LogP contribution in [0.15, 0.2) is 59.6 Å². The third-order valence-electron chi connectivity index (χ3n) is 4.75. The highest BCUT2D eigenvalue weighted by atomic mass is 16.5. The average Bonchev–Trinajstić information content (AvgIpc) is 2.69. The molecule has 0 aliphatic carbocycles. The molecular formula is C21H27N3O2. The number of methoxy groups -OCH3 is 1. The molecule has 0 aromatic heterocycles. The summed E-state index contributed by atoms with van der Waals surface area (Å²) in [5.74, 6) is 1.75. The maximum absolute atomic E-state index is 6.23. The van der Waals surface area contributed by atoms with E-state index in [1.54, 1.807) is 7.11 Å². The lowest BCUT2D eigenvalue weighted by Crippen LogP contribution is -2.25. The van der Waals surface area contributed by atoms with Crippen LogP contribution >= 0.6 is 0 Å². The Balaban J connectivity index is 1.77. The van der Waals surface area contributed by atoms with Crippen LogP contribution in [0.1, 0.15) is 30.9 Å². The second kappa shape index (κ2) is 9.25. The van der Waals surface area contributed by atoms with Crippen LogP contribution in [-0.2, 0) is 4.74 Å². The molecule has 138 valence electrons. The summed E-state index contributed by atoms with van der Waals surface area (Å²) in [4.78, 5) is 4.80. The zero-order chi connectivity index (χ0) is 18.2. The number of hydrogen-bond acceptors (Lipinski definition) is 3. The normalized spacial score (nSPS) is 16.9. The van der Waals surface area contributed by atoms with Crippen molar-refractivity contribution in [3.8, 4) is 5.75 Å². The van der Waals surface area contributed by atoms with E-state index in [0.717, 1.165) is 43.9 Å². The van der Waals surface area contributed by atoms with Gasteiger partial charge in [-0.3, -0.25) is 0 Å². The van der Waals surface area contributed by atoms with E-state index >= 15 is 0 Å². The van der Waals surface area contributed by atoms with Gasteiger partial charge in [-0.05, 0) is 42.9 Å². The van der Waals surface area contributed by atoms with Crippen molar-refractivity contribution in [3.05, 3.63) is 60.2 Å². The molecule has 3 N–H and O–H groups in total. The SMILES string of the molecule is COc1ccccc1NC(N)=NC(CC1CCOCC1)c1ccccc1. The van der Waals surface area contributed by atoms with E-state index in [0.29, 0.717) is 11.9 Å². The largest absolute Gasteiger partial charge is 0.495 e. The van der Waals surface area contributed by atoms with Gasteiger partial charge in [-0.1, -0.05) is 42.5 Å². The molecule has 1 fully saturated rings. The Bertz CT molecular complexity index is 712. The Hall–Kier alpha value is -2.53. The van der Waals surface area contributed by atoms with E-state index in [4.69, 9.17) is 20.2 Å². The molecule has 1 aliphatic rings. The first-order chi connectivity index (χ1) is 12.8. The molecule has 0 spiro atoms. The molecule has 2 aromatic carbocycles. The summed E-state index contributed by atoms with van der Waals surface area (Å²) in [7, 11) is 1.64. The fourth-order valence-corrected chi connectivity index (χ4v) is 3.32. The van der Waals surface area contributed by atoms with Crippen molar-refractivity contribution in [1.29, 1.82) is 0 Å². The van der Waals surface area contributed by atoms with Gasteiger partial charge in [0.25, 0.3) is 0 Å². The van der Waals surface area contributed by atoms with Crippen molar-refractivity contribution < 1.29 is 9.47 Å². The molecule has 26 heavy (non-hydrogen) atoms. The van der Waals surface area contributed by atoms with Gasteiger partial charge in [0.05, 0.1) is 18.8 Å². The van der Waals surface area contributed by atoms with E-state index in [-0.39, 0.29) is 6.04 Å². The molecule has 0 bridgehead atoms. The first-order valence-corrected chi connectivity index (χ1v) is 9.12. The monoisotopic (exact) mass is 353 g/mol. The third kappa shape index (κ3) is 4.99. The number of aliphatic imine (C=N–C) groups is 1. The highest BCUT2D eigenvalue weighted by molar-refractivity contribution is 5.93. The summed E-state index contributed by atoms with van der Waals surface area (Å²) in [6.45, 7) is 1.68. The standard InChI is InChI=1S/C21H27N3O2/c1-25-20-10-6-5-9-18(20)23-21(22)24-19(17-7-3-2-4-8-17)15-16-11-13-26-14-12-16/h2-10,16,19H,11-15H2,1H3,(H3,22,23,24). The van der Waals surface area contributed by atoms with E-state index in [2.05, 4.69) is 17.4 Å². The quantitative estimate of drug-likeness (QED) is 0.609. The molecule has 2 aromatic rings. The van der Waals surface area contributed by atoms with Gasteiger partial charge in [0.2, 0.25) is 0 Å². The van der Waals surface area contributed by atoms with Crippen LogP contribution in [0.25, 0.3) is 0 Å². The molecule has 3 rings (SSSR count). The Morgan fingerprint density at radius 2 is 1.85 bits per heavy atom. The number of nitrogens with one attached hydrogen (secondary N) is 1. The lowest BCUT2D eigenvalue weighted by molar-refractivity contribution is 0.0619. The molecule has 0 amide bonds. The molecular weight excluding hydrogens is 326 g/mol. The lowest BCUT2D eigenvalue weighted by atomic mass is 9.90. The topological polar surface area (TPSA) is 68.9 Å². The lowest BCUT2D eigenvalue weighted by Gasteiger charge is -2.25. The summed E-state index contributed by atoms with van der Waals surface area (Å²) >= 11 is 0. The Labute approximate surface area is 155 Å². The second-order valence-corrected chi connectivity index (χ2v) is 6.56. The minimum absolute atomic E-state index is 0.0292. The summed E-state index contributed by atoms with van der Waals surface area (Å²) in [6, 6.07) is 18.1. The van der Waals surface area contributed by atoms with E-state index < -0.39 is 0 Å². The predicted molar refractivity (Wildman–Crippen MR) is 106 cm³/mol. The zero-order valence-electron chi connectivity index (χ0n) is 15.2. The number of ether oxygens (including phenoxy) is 2. The van der Waals surface area contributed by atoms with Crippen molar-refractivity contribution in [2.24, 2.45) is 16.6 Å². The summed E-state index contributed by atoms with van der Waals surface area (Å²) in [5, 5.41) is 3.18. The summed E-state index contributed by atoms with van der Waals surface area (Å²) in [6.07, 6.45) is 3.14.